The molecule has 0 spiro atoms. The molecule has 0 saturated carbocycles. The van der Waals surface area contributed by atoms with Gasteiger partial charge in [0, 0.05) is 18.2 Å². The van der Waals surface area contributed by atoms with Crippen LogP contribution in [0.1, 0.15) is 19.8 Å². The van der Waals surface area contributed by atoms with Gasteiger partial charge in [-0.25, -0.2) is 4.98 Å². The Hall–Kier alpha value is -1.60. The standard InChI is InChI=1S/C14H16N2OS/c1-3-5-6-9-18-14-15-12-8-7-11(17-4-2)10-13(12)16-14/h1,7-8,10H,4-6,9H2,2H3,(H,15,16). The number of ether oxygens (including phenoxy) is 1. The van der Waals surface area contributed by atoms with Crippen molar-refractivity contribution in [2.75, 3.05) is 12.4 Å². The summed E-state index contributed by atoms with van der Waals surface area (Å²) in [6.45, 7) is 2.65. The number of unbranched alkanes of at least 4 members (excludes halogenated alkanes) is 1. The van der Waals surface area contributed by atoms with Gasteiger partial charge >= 0.3 is 0 Å². The molecule has 0 aliphatic heterocycles. The lowest BCUT2D eigenvalue weighted by Crippen LogP contribution is -1.90. The van der Waals surface area contributed by atoms with Gasteiger partial charge in [-0.3, -0.25) is 0 Å². The highest BCUT2D eigenvalue weighted by molar-refractivity contribution is 7.99. The molecule has 1 heterocycles. The van der Waals surface area contributed by atoms with Crippen molar-refractivity contribution in [1.29, 1.82) is 0 Å². The van der Waals surface area contributed by atoms with Gasteiger partial charge in [-0.1, -0.05) is 11.8 Å². The van der Waals surface area contributed by atoms with E-state index in [2.05, 4.69) is 15.9 Å². The molecule has 4 heteroatoms. The Balaban J connectivity index is 2.05. The molecular formula is C14H16N2OS. The number of aromatic amines is 1. The number of rotatable bonds is 6. The monoisotopic (exact) mass is 260 g/mol. The van der Waals surface area contributed by atoms with E-state index in [0.29, 0.717) is 6.61 Å². The molecule has 0 radical (unpaired) electrons. The SMILES string of the molecule is C#CCCCSc1nc2ccc(OCC)cc2[nH]1. The molecule has 0 fully saturated rings. The summed E-state index contributed by atoms with van der Waals surface area (Å²) in [6, 6.07) is 5.90. The van der Waals surface area contributed by atoms with Gasteiger partial charge < -0.3 is 9.72 Å². The second kappa shape index (κ2) is 6.36. The van der Waals surface area contributed by atoms with Gasteiger partial charge in [-0.15, -0.1) is 12.3 Å². The van der Waals surface area contributed by atoms with E-state index < -0.39 is 0 Å². The number of terminal acetylenes is 1. The van der Waals surface area contributed by atoms with E-state index >= 15 is 0 Å². The zero-order valence-electron chi connectivity index (χ0n) is 10.4. The summed E-state index contributed by atoms with van der Waals surface area (Å²) in [6.07, 6.45) is 7.06. The summed E-state index contributed by atoms with van der Waals surface area (Å²) in [4.78, 5) is 7.80. The number of nitrogens with zero attached hydrogens (tertiary/aromatic N) is 1. The van der Waals surface area contributed by atoms with Crippen LogP contribution < -0.4 is 4.74 Å². The third-order valence-electron chi connectivity index (χ3n) is 2.45. The molecule has 0 atom stereocenters. The van der Waals surface area contributed by atoms with E-state index in [9.17, 15) is 0 Å². The van der Waals surface area contributed by atoms with Crippen molar-refractivity contribution in [3.8, 4) is 18.1 Å². The molecule has 3 nitrogen and oxygen atoms in total. The van der Waals surface area contributed by atoms with Crippen LogP contribution in [0, 0.1) is 12.3 Å². The van der Waals surface area contributed by atoms with E-state index in [0.717, 1.165) is 40.5 Å². The molecule has 94 valence electrons. The van der Waals surface area contributed by atoms with E-state index in [-0.39, 0.29) is 0 Å². The van der Waals surface area contributed by atoms with Crippen molar-refractivity contribution in [2.24, 2.45) is 0 Å². The van der Waals surface area contributed by atoms with Crippen LogP contribution in [-0.4, -0.2) is 22.3 Å². The molecule has 0 amide bonds. The van der Waals surface area contributed by atoms with Crippen LogP contribution in [0.3, 0.4) is 0 Å². The largest absolute Gasteiger partial charge is 0.494 e. The highest BCUT2D eigenvalue weighted by atomic mass is 32.2. The Morgan fingerprint density at radius 2 is 2.39 bits per heavy atom. The van der Waals surface area contributed by atoms with Gasteiger partial charge in [-0.05, 0) is 25.5 Å². The van der Waals surface area contributed by atoms with Crippen LogP contribution in [0.25, 0.3) is 11.0 Å². The number of fused-ring (bicyclic) bond motifs is 1. The first-order valence-electron chi connectivity index (χ1n) is 6.02. The number of H-pyrrole nitrogens is 1. The topological polar surface area (TPSA) is 37.9 Å². The summed E-state index contributed by atoms with van der Waals surface area (Å²) >= 11 is 1.70. The first kappa shape index (κ1) is 12.8. The minimum atomic E-state index is 0.674. The maximum atomic E-state index is 5.46. The zero-order chi connectivity index (χ0) is 12.8. The molecule has 2 aromatic rings. The maximum absolute atomic E-state index is 5.46. The van der Waals surface area contributed by atoms with Crippen LogP contribution in [0.2, 0.25) is 0 Å². The second-order valence-corrected chi connectivity index (χ2v) is 4.89. The van der Waals surface area contributed by atoms with Crippen LogP contribution >= 0.6 is 11.8 Å². The second-order valence-electron chi connectivity index (χ2n) is 3.81. The summed E-state index contributed by atoms with van der Waals surface area (Å²) in [7, 11) is 0. The fourth-order valence-electron chi connectivity index (χ4n) is 1.63. The summed E-state index contributed by atoms with van der Waals surface area (Å²) < 4.78 is 5.46. The van der Waals surface area contributed by atoms with Crippen LogP contribution in [0.5, 0.6) is 5.75 Å². The lowest BCUT2D eigenvalue weighted by molar-refractivity contribution is 0.340. The third kappa shape index (κ3) is 3.21. The molecule has 0 unspecified atom stereocenters. The third-order valence-corrected chi connectivity index (χ3v) is 3.41. The fraction of sp³-hybridized carbons (Fsp3) is 0.357. The van der Waals surface area contributed by atoms with Gasteiger partial charge in [0.2, 0.25) is 0 Å². The van der Waals surface area contributed by atoms with Crippen molar-refractivity contribution in [3.63, 3.8) is 0 Å². The molecule has 0 aliphatic carbocycles. The molecule has 18 heavy (non-hydrogen) atoms. The molecule has 0 aliphatic rings. The highest BCUT2D eigenvalue weighted by Gasteiger charge is 2.04. The number of thioether (sulfide) groups is 1. The summed E-state index contributed by atoms with van der Waals surface area (Å²) in [5.74, 6) is 4.50. The van der Waals surface area contributed by atoms with Crippen LogP contribution in [0.15, 0.2) is 23.4 Å². The first-order chi connectivity index (χ1) is 8.83. The van der Waals surface area contributed by atoms with Gasteiger partial charge in [0.1, 0.15) is 5.75 Å². The molecular weight excluding hydrogens is 244 g/mol. The van der Waals surface area contributed by atoms with Crippen LogP contribution in [0.4, 0.5) is 0 Å². The minimum Gasteiger partial charge on any atom is -0.494 e. The normalized spacial score (nSPS) is 10.4. The van der Waals surface area contributed by atoms with Crippen molar-refractivity contribution >= 4 is 22.8 Å². The molecule has 1 N–H and O–H groups in total. The number of imidazole rings is 1. The predicted octanol–water partition coefficient (Wildman–Crippen LogP) is 3.47. The Labute approximate surface area is 111 Å². The molecule has 0 bridgehead atoms. The average molecular weight is 260 g/mol. The smallest absolute Gasteiger partial charge is 0.166 e. The molecule has 0 saturated heterocycles. The van der Waals surface area contributed by atoms with Crippen molar-refractivity contribution in [3.05, 3.63) is 18.2 Å². The predicted molar refractivity (Wildman–Crippen MR) is 76.1 cm³/mol. The van der Waals surface area contributed by atoms with E-state index in [4.69, 9.17) is 11.2 Å². The Morgan fingerprint density at radius 3 is 3.17 bits per heavy atom. The van der Waals surface area contributed by atoms with Crippen LogP contribution in [-0.2, 0) is 0 Å². The quantitative estimate of drug-likeness (QED) is 0.491. The van der Waals surface area contributed by atoms with E-state index in [1.807, 2.05) is 25.1 Å². The number of hydrogen-bond acceptors (Lipinski definition) is 3. The van der Waals surface area contributed by atoms with E-state index in [1.54, 1.807) is 11.8 Å². The summed E-state index contributed by atoms with van der Waals surface area (Å²) in [5, 5.41) is 0.940. The number of hydrogen-bond donors (Lipinski definition) is 1. The number of benzene rings is 1. The van der Waals surface area contributed by atoms with E-state index in [1.165, 1.54) is 0 Å². The van der Waals surface area contributed by atoms with Gasteiger partial charge in [-0.2, -0.15) is 0 Å². The minimum absolute atomic E-state index is 0.674. The van der Waals surface area contributed by atoms with Crippen molar-refractivity contribution in [1.82, 2.24) is 9.97 Å². The molecule has 2 rings (SSSR count). The Bertz CT molecular complexity index is 556. The lowest BCUT2D eigenvalue weighted by atomic mass is 10.3. The average Bonchev–Trinajstić information content (AvgIpc) is 2.77. The maximum Gasteiger partial charge on any atom is 0.166 e. The van der Waals surface area contributed by atoms with Gasteiger partial charge in [0.15, 0.2) is 5.16 Å². The Kier molecular flexibility index (Phi) is 4.54. The van der Waals surface area contributed by atoms with Crippen molar-refractivity contribution < 1.29 is 4.74 Å². The first-order valence-corrected chi connectivity index (χ1v) is 7.01. The van der Waals surface area contributed by atoms with Gasteiger partial charge in [0.25, 0.3) is 0 Å². The fourth-order valence-corrected chi connectivity index (χ4v) is 2.46. The number of aromatic nitrogens is 2. The number of nitrogens with one attached hydrogen (secondary N) is 1. The highest BCUT2D eigenvalue weighted by Crippen LogP contribution is 2.23. The molecule has 1 aromatic heterocycles. The van der Waals surface area contributed by atoms with Gasteiger partial charge in [0.05, 0.1) is 17.6 Å². The molecule has 1 aromatic carbocycles. The van der Waals surface area contributed by atoms with Crippen molar-refractivity contribution in [2.45, 2.75) is 24.9 Å². The summed E-state index contributed by atoms with van der Waals surface area (Å²) in [5.41, 5.74) is 1.98. The lowest BCUT2D eigenvalue weighted by Gasteiger charge is -2.00. The zero-order valence-corrected chi connectivity index (χ0v) is 11.2. The Morgan fingerprint density at radius 1 is 1.50 bits per heavy atom.